The lowest BCUT2D eigenvalue weighted by molar-refractivity contribution is -0.131. The highest BCUT2D eigenvalue weighted by Gasteiger charge is 2.22. The molecular formula is C22H28FN3O2. The van der Waals surface area contributed by atoms with Crippen molar-refractivity contribution in [3.63, 3.8) is 0 Å². The second kappa shape index (κ2) is 9.55. The summed E-state index contributed by atoms with van der Waals surface area (Å²) in [6.45, 7) is 6.55. The van der Waals surface area contributed by atoms with Gasteiger partial charge in [-0.2, -0.15) is 0 Å². The molecule has 0 unspecified atom stereocenters. The van der Waals surface area contributed by atoms with E-state index in [1.807, 2.05) is 25.1 Å². The molecule has 0 saturated carbocycles. The van der Waals surface area contributed by atoms with E-state index in [0.717, 1.165) is 37.6 Å². The van der Waals surface area contributed by atoms with Crippen molar-refractivity contribution in [3.8, 4) is 5.75 Å². The van der Waals surface area contributed by atoms with Gasteiger partial charge in [0.15, 0.2) is 0 Å². The minimum absolute atomic E-state index is 0.00594. The first kappa shape index (κ1) is 20.1. The van der Waals surface area contributed by atoms with Crippen LogP contribution >= 0.6 is 0 Å². The Hall–Kier alpha value is -2.60. The molecule has 0 aromatic heterocycles. The van der Waals surface area contributed by atoms with Gasteiger partial charge in [-0.15, -0.1) is 0 Å². The average Bonchev–Trinajstić information content (AvgIpc) is 2.71. The summed E-state index contributed by atoms with van der Waals surface area (Å²) in [5.74, 6) is 0.634. The highest BCUT2D eigenvalue weighted by Crippen LogP contribution is 2.28. The number of ether oxygens (including phenoxy) is 1. The van der Waals surface area contributed by atoms with E-state index in [4.69, 9.17) is 4.74 Å². The van der Waals surface area contributed by atoms with Gasteiger partial charge < -0.3 is 14.5 Å². The normalized spacial score (nSPS) is 14.8. The molecule has 0 aliphatic carbocycles. The van der Waals surface area contributed by atoms with Crippen LogP contribution in [0.4, 0.5) is 10.1 Å². The molecule has 0 bridgehead atoms. The predicted molar refractivity (Wildman–Crippen MR) is 109 cm³/mol. The molecule has 3 rings (SSSR count). The zero-order chi connectivity index (χ0) is 19.9. The molecule has 1 aliphatic heterocycles. The Morgan fingerprint density at radius 3 is 2.46 bits per heavy atom. The van der Waals surface area contributed by atoms with Crippen molar-refractivity contribution in [2.24, 2.45) is 0 Å². The molecule has 150 valence electrons. The van der Waals surface area contributed by atoms with Crippen LogP contribution in [0.5, 0.6) is 5.75 Å². The highest BCUT2D eigenvalue weighted by molar-refractivity contribution is 5.78. The van der Waals surface area contributed by atoms with E-state index in [9.17, 15) is 9.18 Å². The van der Waals surface area contributed by atoms with Gasteiger partial charge in [-0.3, -0.25) is 9.69 Å². The number of piperazine rings is 1. The first-order valence-electron chi connectivity index (χ1n) is 9.75. The molecule has 28 heavy (non-hydrogen) atoms. The summed E-state index contributed by atoms with van der Waals surface area (Å²) in [5.41, 5.74) is 1.64. The quantitative estimate of drug-likeness (QED) is 0.734. The summed E-state index contributed by atoms with van der Waals surface area (Å²) in [6.07, 6.45) is 0. The molecule has 0 atom stereocenters. The molecule has 0 spiro atoms. The van der Waals surface area contributed by atoms with E-state index in [-0.39, 0.29) is 18.3 Å². The minimum Gasteiger partial charge on any atom is -0.492 e. The van der Waals surface area contributed by atoms with Crippen molar-refractivity contribution in [1.82, 2.24) is 9.80 Å². The molecule has 0 N–H and O–H groups in total. The maximum absolute atomic E-state index is 13.8. The van der Waals surface area contributed by atoms with E-state index in [0.29, 0.717) is 18.7 Å². The standard InChI is InChI=1S/C22H28FN3O2/c1-3-28-21-11-7-6-10-20(21)26-14-12-25(13-15-26)17-22(27)24(2)16-18-8-4-5-9-19(18)23/h4-11H,3,12-17H2,1-2H3. The van der Waals surface area contributed by atoms with Crippen LogP contribution in [-0.4, -0.2) is 62.1 Å². The number of amides is 1. The van der Waals surface area contributed by atoms with E-state index < -0.39 is 0 Å². The van der Waals surface area contributed by atoms with Crippen molar-refractivity contribution >= 4 is 11.6 Å². The lowest BCUT2D eigenvalue weighted by Gasteiger charge is -2.36. The maximum atomic E-state index is 13.8. The van der Waals surface area contributed by atoms with Crippen molar-refractivity contribution in [3.05, 3.63) is 59.9 Å². The molecule has 1 aliphatic rings. The molecule has 0 radical (unpaired) electrons. The van der Waals surface area contributed by atoms with Crippen LogP contribution < -0.4 is 9.64 Å². The number of hydrogen-bond donors (Lipinski definition) is 0. The molecule has 1 amide bonds. The number of benzene rings is 2. The van der Waals surface area contributed by atoms with Crippen LogP contribution in [0.25, 0.3) is 0 Å². The minimum atomic E-state index is -0.274. The topological polar surface area (TPSA) is 36.0 Å². The van der Waals surface area contributed by atoms with Gasteiger partial charge >= 0.3 is 0 Å². The third kappa shape index (κ3) is 5.01. The summed E-state index contributed by atoms with van der Waals surface area (Å²) in [6, 6.07) is 14.7. The lowest BCUT2D eigenvalue weighted by Crippen LogP contribution is -2.49. The van der Waals surface area contributed by atoms with Gasteiger partial charge in [-0.25, -0.2) is 4.39 Å². The van der Waals surface area contributed by atoms with Crippen molar-refractivity contribution < 1.29 is 13.9 Å². The van der Waals surface area contributed by atoms with Gasteiger partial charge in [-0.05, 0) is 25.1 Å². The monoisotopic (exact) mass is 385 g/mol. The molecule has 1 fully saturated rings. The SMILES string of the molecule is CCOc1ccccc1N1CCN(CC(=O)N(C)Cc2ccccc2F)CC1. The Labute approximate surface area is 166 Å². The molecule has 5 nitrogen and oxygen atoms in total. The van der Waals surface area contributed by atoms with Gasteiger partial charge in [0.2, 0.25) is 5.91 Å². The fraction of sp³-hybridized carbons (Fsp3) is 0.409. The number of rotatable bonds is 7. The average molecular weight is 385 g/mol. The maximum Gasteiger partial charge on any atom is 0.236 e. The van der Waals surface area contributed by atoms with E-state index >= 15 is 0 Å². The third-order valence-electron chi connectivity index (χ3n) is 5.03. The van der Waals surface area contributed by atoms with E-state index in [1.54, 1.807) is 30.1 Å². The fourth-order valence-corrected chi connectivity index (χ4v) is 3.43. The lowest BCUT2D eigenvalue weighted by atomic mass is 10.2. The number of hydrogen-bond acceptors (Lipinski definition) is 4. The van der Waals surface area contributed by atoms with Crippen LogP contribution in [0.15, 0.2) is 48.5 Å². The van der Waals surface area contributed by atoms with Crippen LogP contribution in [0.1, 0.15) is 12.5 Å². The van der Waals surface area contributed by atoms with Gasteiger partial charge in [0.25, 0.3) is 0 Å². The first-order chi connectivity index (χ1) is 13.6. The number of likely N-dealkylation sites (N-methyl/N-ethyl adjacent to an activating group) is 1. The zero-order valence-corrected chi connectivity index (χ0v) is 16.6. The molecule has 1 saturated heterocycles. The highest BCUT2D eigenvalue weighted by atomic mass is 19.1. The first-order valence-corrected chi connectivity index (χ1v) is 9.75. The number of para-hydroxylation sites is 2. The third-order valence-corrected chi connectivity index (χ3v) is 5.03. The number of nitrogens with zero attached hydrogens (tertiary/aromatic N) is 3. The second-order valence-corrected chi connectivity index (χ2v) is 7.01. The van der Waals surface area contributed by atoms with E-state index in [2.05, 4.69) is 15.9 Å². The van der Waals surface area contributed by atoms with Crippen LogP contribution in [0.2, 0.25) is 0 Å². The fourth-order valence-electron chi connectivity index (χ4n) is 3.43. The Balaban J connectivity index is 1.51. The Morgan fingerprint density at radius 2 is 1.75 bits per heavy atom. The summed E-state index contributed by atoms with van der Waals surface area (Å²) in [4.78, 5) is 18.6. The molecular weight excluding hydrogens is 357 g/mol. The molecule has 2 aromatic carbocycles. The van der Waals surface area contributed by atoms with Crippen molar-refractivity contribution in [2.75, 3.05) is 51.3 Å². The van der Waals surface area contributed by atoms with Crippen LogP contribution in [0.3, 0.4) is 0 Å². The van der Waals surface area contributed by atoms with Gasteiger partial charge in [0.05, 0.1) is 18.8 Å². The number of carbonyl (C=O) groups excluding carboxylic acids is 1. The zero-order valence-electron chi connectivity index (χ0n) is 16.6. The Kier molecular flexibility index (Phi) is 6.87. The van der Waals surface area contributed by atoms with Gasteiger partial charge in [-0.1, -0.05) is 30.3 Å². The van der Waals surface area contributed by atoms with Crippen molar-refractivity contribution in [2.45, 2.75) is 13.5 Å². The second-order valence-electron chi connectivity index (χ2n) is 7.01. The van der Waals surface area contributed by atoms with Crippen LogP contribution in [-0.2, 0) is 11.3 Å². The largest absolute Gasteiger partial charge is 0.492 e. The predicted octanol–water partition coefficient (Wildman–Crippen LogP) is 3.01. The summed E-state index contributed by atoms with van der Waals surface area (Å²) in [5, 5.41) is 0. The van der Waals surface area contributed by atoms with Crippen LogP contribution in [0, 0.1) is 5.82 Å². The van der Waals surface area contributed by atoms with Gasteiger partial charge in [0, 0.05) is 45.3 Å². The number of halogens is 1. The Bertz CT molecular complexity index is 791. The smallest absolute Gasteiger partial charge is 0.236 e. The molecule has 1 heterocycles. The molecule has 6 heteroatoms. The van der Waals surface area contributed by atoms with Crippen molar-refractivity contribution in [1.29, 1.82) is 0 Å². The van der Waals surface area contributed by atoms with E-state index in [1.165, 1.54) is 6.07 Å². The summed E-state index contributed by atoms with van der Waals surface area (Å²) in [7, 11) is 1.73. The Morgan fingerprint density at radius 1 is 1.07 bits per heavy atom. The number of anilines is 1. The molecule has 2 aromatic rings. The summed E-state index contributed by atoms with van der Waals surface area (Å²) >= 11 is 0. The summed E-state index contributed by atoms with van der Waals surface area (Å²) < 4.78 is 19.5. The number of carbonyl (C=O) groups is 1. The van der Waals surface area contributed by atoms with Gasteiger partial charge in [0.1, 0.15) is 11.6 Å².